The molecule has 0 saturated carbocycles. The molecule has 0 rings (SSSR count). The molecule has 0 aliphatic heterocycles. The molecule has 5 nitrogen and oxygen atoms in total. The van der Waals surface area contributed by atoms with Crippen LogP contribution in [0.4, 0.5) is 0 Å². The zero-order valence-electron chi connectivity index (χ0n) is 7.28. The lowest BCUT2D eigenvalue weighted by molar-refractivity contribution is -0.480. The summed E-state index contributed by atoms with van der Waals surface area (Å²) in [6.07, 6.45) is 0.928. The van der Waals surface area contributed by atoms with Gasteiger partial charge in [0.25, 0.3) is 0 Å². The lowest BCUT2D eigenvalue weighted by atomic mass is 10.1. The molecule has 0 aromatic carbocycles. The van der Waals surface area contributed by atoms with Crippen LogP contribution in [0.3, 0.4) is 0 Å². The van der Waals surface area contributed by atoms with Gasteiger partial charge in [-0.2, -0.15) is 0 Å². The van der Waals surface area contributed by atoms with Crippen molar-refractivity contribution >= 4 is 5.97 Å². The van der Waals surface area contributed by atoms with Crippen LogP contribution in [0.1, 0.15) is 19.8 Å². The first kappa shape index (κ1) is 10.9. The highest BCUT2D eigenvalue weighted by Crippen LogP contribution is 2.06. The van der Waals surface area contributed by atoms with Gasteiger partial charge in [-0.25, -0.2) is 0 Å². The van der Waals surface area contributed by atoms with Gasteiger partial charge < -0.3 is 4.74 Å². The average Bonchev–Trinajstić information content (AvgIpc) is 2.02. The third-order valence-corrected chi connectivity index (χ3v) is 1.58. The molecule has 0 fully saturated rings. The summed E-state index contributed by atoms with van der Waals surface area (Å²) in [5.41, 5.74) is 0. The van der Waals surface area contributed by atoms with Crippen molar-refractivity contribution in [1.29, 1.82) is 0 Å². The van der Waals surface area contributed by atoms with Gasteiger partial charge in [-0.3, -0.25) is 14.9 Å². The number of carbonyl (C=O) groups excluding carboxylic acids is 1. The molecule has 5 heteroatoms. The summed E-state index contributed by atoms with van der Waals surface area (Å²) in [6.45, 7) is 1.62. The van der Waals surface area contributed by atoms with Gasteiger partial charge in [0.1, 0.15) is 0 Å². The molecule has 0 N–H and O–H groups in total. The first-order valence-corrected chi connectivity index (χ1v) is 3.77. The predicted molar refractivity (Wildman–Crippen MR) is 42.3 cm³/mol. The number of hydrogen-bond acceptors (Lipinski definition) is 4. The van der Waals surface area contributed by atoms with E-state index in [1.54, 1.807) is 6.92 Å². The van der Waals surface area contributed by atoms with Gasteiger partial charge in [-0.1, -0.05) is 6.92 Å². The second-order valence-corrected chi connectivity index (χ2v) is 2.62. The summed E-state index contributed by atoms with van der Waals surface area (Å²) in [5, 5.41) is 9.91. The van der Waals surface area contributed by atoms with Crippen molar-refractivity contribution in [3.05, 3.63) is 10.1 Å². The van der Waals surface area contributed by atoms with Crippen molar-refractivity contribution in [2.75, 3.05) is 13.7 Å². The molecule has 1 atom stereocenters. The second kappa shape index (κ2) is 5.51. The zero-order chi connectivity index (χ0) is 9.56. The highest BCUT2D eigenvalue weighted by atomic mass is 16.6. The SMILES string of the molecule is COC(=O)[C@@H](C)CCC[N+](=O)[O-]. The Kier molecular flexibility index (Phi) is 4.99. The summed E-state index contributed by atoms with van der Waals surface area (Å²) in [4.78, 5) is 20.3. The predicted octanol–water partition coefficient (Wildman–Crippen LogP) is 0.852. The minimum absolute atomic E-state index is 0.0820. The third kappa shape index (κ3) is 4.65. The maximum atomic E-state index is 10.8. The fourth-order valence-electron chi connectivity index (χ4n) is 0.846. The fraction of sp³-hybridized carbons (Fsp3) is 0.857. The molecule has 0 heterocycles. The Labute approximate surface area is 70.9 Å². The molecule has 0 aromatic rings. The van der Waals surface area contributed by atoms with Crippen molar-refractivity contribution < 1.29 is 14.5 Å². The lowest BCUT2D eigenvalue weighted by Gasteiger charge is -2.05. The Morgan fingerprint density at radius 3 is 2.67 bits per heavy atom. The zero-order valence-corrected chi connectivity index (χ0v) is 7.28. The monoisotopic (exact) mass is 175 g/mol. The molecular weight excluding hydrogens is 162 g/mol. The Bertz CT molecular complexity index is 169. The van der Waals surface area contributed by atoms with Crippen molar-refractivity contribution in [2.24, 2.45) is 5.92 Å². The summed E-state index contributed by atoms with van der Waals surface area (Å²) in [6, 6.07) is 0. The van der Waals surface area contributed by atoms with Crippen LogP contribution in [-0.4, -0.2) is 24.5 Å². The standard InChI is InChI=1S/C7H13NO4/c1-6(7(9)12-2)4-3-5-8(10)11/h6H,3-5H2,1-2H3/t6-/m0/s1. The largest absolute Gasteiger partial charge is 0.469 e. The first-order chi connectivity index (χ1) is 5.57. The molecule has 0 spiro atoms. The molecule has 0 aromatic heterocycles. The Morgan fingerprint density at radius 1 is 1.67 bits per heavy atom. The molecule has 70 valence electrons. The molecule has 0 saturated heterocycles. The molecule has 0 aliphatic carbocycles. The van der Waals surface area contributed by atoms with Crippen LogP contribution in [0, 0.1) is 16.0 Å². The van der Waals surface area contributed by atoms with E-state index < -0.39 is 0 Å². The van der Waals surface area contributed by atoms with Crippen LogP contribution < -0.4 is 0 Å². The van der Waals surface area contributed by atoms with E-state index >= 15 is 0 Å². The van der Waals surface area contributed by atoms with Crippen LogP contribution in [0.15, 0.2) is 0 Å². The summed E-state index contributed by atoms with van der Waals surface area (Å²) in [5.74, 6) is -0.548. The van der Waals surface area contributed by atoms with E-state index in [0.717, 1.165) is 0 Å². The van der Waals surface area contributed by atoms with Gasteiger partial charge in [0.05, 0.1) is 13.0 Å². The second-order valence-electron chi connectivity index (χ2n) is 2.62. The number of carbonyl (C=O) groups is 1. The maximum absolute atomic E-state index is 10.8. The van der Waals surface area contributed by atoms with Crippen LogP contribution in [0.5, 0.6) is 0 Å². The minimum Gasteiger partial charge on any atom is -0.469 e. The number of esters is 1. The molecule has 0 aliphatic rings. The molecule has 0 bridgehead atoms. The highest BCUT2D eigenvalue weighted by Gasteiger charge is 2.13. The van der Waals surface area contributed by atoms with Crippen molar-refractivity contribution in [3.8, 4) is 0 Å². The average molecular weight is 175 g/mol. The first-order valence-electron chi connectivity index (χ1n) is 3.77. The van der Waals surface area contributed by atoms with Crippen LogP contribution in [0.2, 0.25) is 0 Å². The smallest absolute Gasteiger partial charge is 0.308 e. The van der Waals surface area contributed by atoms with E-state index in [1.807, 2.05) is 0 Å². The topological polar surface area (TPSA) is 69.4 Å². The van der Waals surface area contributed by atoms with Gasteiger partial charge in [0, 0.05) is 11.3 Å². The fourth-order valence-corrected chi connectivity index (χ4v) is 0.846. The van der Waals surface area contributed by atoms with Crippen LogP contribution in [0.25, 0.3) is 0 Å². The van der Waals surface area contributed by atoms with Crippen molar-refractivity contribution in [3.63, 3.8) is 0 Å². The minimum atomic E-state index is -0.385. The van der Waals surface area contributed by atoms with Crippen LogP contribution in [-0.2, 0) is 9.53 Å². The van der Waals surface area contributed by atoms with E-state index in [0.29, 0.717) is 12.8 Å². The quantitative estimate of drug-likeness (QED) is 0.353. The molecule has 0 radical (unpaired) electrons. The van der Waals surface area contributed by atoms with Gasteiger partial charge in [0.2, 0.25) is 6.54 Å². The number of nitrogens with zero attached hydrogens (tertiary/aromatic N) is 1. The van der Waals surface area contributed by atoms with E-state index in [1.165, 1.54) is 7.11 Å². The highest BCUT2D eigenvalue weighted by molar-refractivity contribution is 5.71. The van der Waals surface area contributed by atoms with Crippen LogP contribution >= 0.6 is 0 Å². The van der Waals surface area contributed by atoms with E-state index in [-0.39, 0.29) is 23.4 Å². The number of ether oxygens (including phenoxy) is 1. The Morgan fingerprint density at radius 2 is 2.25 bits per heavy atom. The molecule has 0 amide bonds. The van der Waals surface area contributed by atoms with E-state index in [4.69, 9.17) is 0 Å². The normalized spacial score (nSPS) is 12.2. The molecule has 12 heavy (non-hydrogen) atoms. The molecule has 0 unspecified atom stereocenters. The summed E-state index contributed by atoms with van der Waals surface area (Å²) < 4.78 is 4.46. The number of hydrogen-bond donors (Lipinski definition) is 0. The van der Waals surface area contributed by atoms with Gasteiger partial charge in [0.15, 0.2) is 0 Å². The maximum Gasteiger partial charge on any atom is 0.308 e. The van der Waals surface area contributed by atoms with Crippen molar-refractivity contribution in [2.45, 2.75) is 19.8 Å². The van der Waals surface area contributed by atoms with E-state index in [2.05, 4.69) is 4.74 Å². The van der Waals surface area contributed by atoms with Gasteiger partial charge in [-0.05, 0) is 6.42 Å². The summed E-state index contributed by atoms with van der Waals surface area (Å²) in [7, 11) is 1.31. The van der Waals surface area contributed by atoms with Gasteiger partial charge >= 0.3 is 5.97 Å². The summed E-state index contributed by atoms with van der Waals surface area (Å²) >= 11 is 0. The lowest BCUT2D eigenvalue weighted by Crippen LogP contribution is -2.14. The molecular formula is C7H13NO4. The third-order valence-electron chi connectivity index (χ3n) is 1.58. The number of rotatable bonds is 5. The Balaban J connectivity index is 3.50. The van der Waals surface area contributed by atoms with E-state index in [9.17, 15) is 14.9 Å². The Hall–Kier alpha value is -1.13. The number of methoxy groups -OCH3 is 1. The number of nitro groups is 1. The van der Waals surface area contributed by atoms with Crippen molar-refractivity contribution in [1.82, 2.24) is 0 Å². The van der Waals surface area contributed by atoms with Gasteiger partial charge in [-0.15, -0.1) is 0 Å².